The molecule has 0 saturated heterocycles. The molecule has 1 rings (SSSR count). The Morgan fingerprint density at radius 1 is 1.50 bits per heavy atom. The number of amides is 1. The number of carbonyl (C=O) groups excluding carboxylic acids is 1. The molecule has 4 nitrogen and oxygen atoms in total. The van der Waals surface area contributed by atoms with E-state index in [0.29, 0.717) is 12.3 Å². The zero-order valence-corrected chi connectivity index (χ0v) is 12.5. The number of hydrogen-bond acceptors (Lipinski definition) is 3. The summed E-state index contributed by atoms with van der Waals surface area (Å²) >= 11 is 0. The van der Waals surface area contributed by atoms with Crippen LogP contribution in [0.1, 0.15) is 47.5 Å². The predicted octanol–water partition coefficient (Wildman–Crippen LogP) is 1.68. The highest BCUT2D eigenvalue weighted by atomic mass is 16.5. The van der Waals surface area contributed by atoms with Gasteiger partial charge in [-0.15, -0.1) is 0 Å². The molecule has 0 aliphatic heterocycles. The normalized spacial score (nSPS) is 33.4. The van der Waals surface area contributed by atoms with Crippen LogP contribution >= 0.6 is 0 Å². The Morgan fingerprint density at radius 2 is 2.06 bits per heavy atom. The van der Waals surface area contributed by atoms with Gasteiger partial charge in [-0.25, -0.2) is 0 Å². The van der Waals surface area contributed by atoms with Gasteiger partial charge in [-0.1, -0.05) is 34.1 Å². The number of methoxy groups -OCH3 is 1. The first-order valence-corrected chi connectivity index (χ1v) is 6.81. The van der Waals surface area contributed by atoms with Crippen LogP contribution in [0.25, 0.3) is 0 Å². The van der Waals surface area contributed by atoms with E-state index >= 15 is 0 Å². The molecule has 4 atom stereocenters. The predicted molar refractivity (Wildman–Crippen MR) is 73.2 cm³/mol. The van der Waals surface area contributed by atoms with Crippen molar-refractivity contribution in [2.24, 2.45) is 17.1 Å². The highest BCUT2D eigenvalue weighted by molar-refractivity contribution is 5.86. The third kappa shape index (κ3) is 2.54. The second-order valence-corrected chi connectivity index (χ2v) is 6.46. The Bertz CT molecular complexity index is 313. The highest BCUT2D eigenvalue weighted by Crippen LogP contribution is 2.47. The van der Waals surface area contributed by atoms with Crippen LogP contribution in [0.3, 0.4) is 0 Å². The maximum atomic E-state index is 12.2. The van der Waals surface area contributed by atoms with Gasteiger partial charge in [0.15, 0.2) is 0 Å². The van der Waals surface area contributed by atoms with Crippen LogP contribution in [-0.2, 0) is 9.53 Å². The first kappa shape index (κ1) is 15.4. The lowest BCUT2D eigenvalue weighted by molar-refractivity contribution is -0.156. The Hall–Kier alpha value is -0.610. The fourth-order valence-corrected chi connectivity index (χ4v) is 3.36. The Labute approximate surface area is 111 Å². The van der Waals surface area contributed by atoms with Gasteiger partial charge in [0.25, 0.3) is 0 Å². The van der Waals surface area contributed by atoms with Crippen LogP contribution in [0.15, 0.2) is 0 Å². The molecule has 0 bridgehead atoms. The zero-order chi connectivity index (χ0) is 14.1. The van der Waals surface area contributed by atoms with Gasteiger partial charge in [0.1, 0.15) is 0 Å². The molecule has 0 heterocycles. The molecule has 0 aromatic carbocycles. The molecule has 0 aromatic rings. The number of ether oxygens (including phenoxy) is 1. The molecule has 3 N–H and O–H groups in total. The Kier molecular flexibility index (Phi) is 4.44. The second kappa shape index (κ2) is 5.17. The minimum atomic E-state index is -0.775. The van der Waals surface area contributed by atoms with Crippen molar-refractivity contribution in [2.75, 3.05) is 7.11 Å². The summed E-state index contributed by atoms with van der Waals surface area (Å²) in [5.74, 6) is 0.273. The van der Waals surface area contributed by atoms with Gasteiger partial charge in [-0.3, -0.25) is 4.79 Å². The van der Waals surface area contributed by atoms with Crippen LogP contribution in [0.4, 0.5) is 0 Å². The summed E-state index contributed by atoms with van der Waals surface area (Å²) in [7, 11) is 1.73. The lowest BCUT2D eigenvalue weighted by Gasteiger charge is -2.56. The first-order chi connectivity index (χ1) is 8.18. The van der Waals surface area contributed by atoms with Crippen molar-refractivity contribution >= 4 is 5.91 Å². The molecule has 1 aliphatic rings. The smallest absolute Gasteiger partial charge is 0.240 e. The number of nitrogens with two attached hydrogens (primary N) is 1. The van der Waals surface area contributed by atoms with Crippen molar-refractivity contribution in [1.29, 1.82) is 0 Å². The van der Waals surface area contributed by atoms with Crippen LogP contribution in [0, 0.1) is 11.3 Å². The highest BCUT2D eigenvalue weighted by Gasteiger charge is 2.55. The molecule has 106 valence electrons. The third-order valence-corrected chi connectivity index (χ3v) is 4.37. The summed E-state index contributed by atoms with van der Waals surface area (Å²) in [6, 6.07) is 0.134. The quantitative estimate of drug-likeness (QED) is 0.786. The lowest BCUT2D eigenvalue weighted by atomic mass is 9.57. The summed E-state index contributed by atoms with van der Waals surface area (Å²) in [4.78, 5) is 12.2. The third-order valence-electron chi connectivity index (χ3n) is 4.37. The minimum absolute atomic E-state index is 0.0356. The van der Waals surface area contributed by atoms with Crippen LogP contribution in [0.2, 0.25) is 0 Å². The van der Waals surface area contributed by atoms with Crippen molar-refractivity contribution in [3.8, 4) is 0 Å². The first-order valence-electron chi connectivity index (χ1n) is 6.81. The van der Waals surface area contributed by atoms with E-state index in [4.69, 9.17) is 10.5 Å². The summed E-state index contributed by atoms with van der Waals surface area (Å²) in [5, 5.41) is 3.10. The molecule has 4 unspecified atom stereocenters. The summed E-state index contributed by atoms with van der Waals surface area (Å²) < 4.78 is 5.48. The largest absolute Gasteiger partial charge is 0.380 e. The molecule has 1 saturated carbocycles. The van der Waals surface area contributed by atoms with E-state index in [1.54, 1.807) is 14.0 Å². The van der Waals surface area contributed by atoms with Gasteiger partial charge in [0, 0.05) is 24.5 Å². The van der Waals surface area contributed by atoms with Crippen molar-refractivity contribution in [3.05, 3.63) is 0 Å². The van der Waals surface area contributed by atoms with E-state index in [0.717, 1.165) is 6.42 Å². The molecule has 4 heteroatoms. The topological polar surface area (TPSA) is 64.4 Å². The molecule has 1 fully saturated rings. The van der Waals surface area contributed by atoms with Crippen molar-refractivity contribution in [3.63, 3.8) is 0 Å². The summed E-state index contributed by atoms with van der Waals surface area (Å²) in [6.07, 6.45) is 1.80. The average molecular weight is 256 g/mol. The van der Waals surface area contributed by atoms with Gasteiger partial charge in [0.2, 0.25) is 5.91 Å². The number of carbonyl (C=O) groups is 1. The summed E-state index contributed by atoms with van der Waals surface area (Å²) in [6.45, 7) is 10.2. The van der Waals surface area contributed by atoms with Crippen molar-refractivity contribution in [1.82, 2.24) is 5.32 Å². The van der Waals surface area contributed by atoms with Crippen LogP contribution < -0.4 is 11.1 Å². The van der Waals surface area contributed by atoms with Crippen LogP contribution in [0.5, 0.6) is 0 Å². The molecular weight excluding hydrogens is 228 g/mol. The Balaban J connectivity index is 2.67. The van der Waals surface area contributed by atoms with Gasteiger partial charge in [-0.2, -0.15) is 0 Å². The number of rotatable bonds is 5. The van der Waals surface area contributed by atoms with E-state index in [2.05, 4.69) is 26.1 Å². The number of hydrogen-bond donors (Lipinski definition) is 2. The monoisotopic (exact) mass is 256 g/mol. The second-order valence-electron chi connectivity index (χ2n) is 6.46. The maximum Gasteiger partial charge on any atom is 0.240 e. The molecule has 1 aliphatic carbocycles. The zero-order valence-electron chi connectivity index (χ0n) is 12.5. The summed E-state index contributed by atoms with van der Waals surface area (Å²) in [5.41, 5.74) is 5.25. The number of nitrogens with one attached hydrogen (secondary N) is 1. The minimum Gasteiger partial charge on any atom is -0.380 e. The van der Waals surface area contributed by atoms with Crippen molar-refractivity contribution < 1.29 is 9.53 Å². The fourth-order valence-electron chi connectivity index (χ4n) is 3.36. The van der Waals surface area contributed by atoms with Crippen LogP contribution in [-0.4, -0.2) is 30.7 Å². The maximum absolute atomic E-state index is 12.2. The average Bonchev–Trinajstić information content (AvgIpc) is 2.25. The van der Waals surface area contributed by atoms with Gasteiger partial charge < -0.3 is 15.8 Å². The standard InChI is InChI=1S/C14H28N2O2/c1-7-8-14(5,15)12(17)16-10-9(2)11(18-6)13(10,3)4/h9-11H,7-8,15H2,1-6H3,(H,16,17). The van der Waals surface area contributed by atoms with Gasteiger partial charge in [-0.05, 0) is 13.3 Å². The van der Waals surface area contributed by atoms with Gasteiger partial charge >= 0.3 is 0 Å². The molecular formula is C14H28N2O2. The fraction of sp³-hybridized carbons (Fsp3) is 0.929. The SMILES string of the molecule is CCCC(C)(N)C(=O)NC1C(C)C(OC)C1(C)C. The molecule has 18 heavy (non-hydrogen) atoms. The van der Waals surface area contributed by atoms with E-state index in [9.17, 15) is 4.79 Å². The van der Waals surface area contributed by atoms with E-state index in [-0.39, 0.29) is 23.5 Å². The van der Waals surface area contributed by atoms with E-state index in [1.807, 2.05) is 6.92 Å². The van der Waals surface area contributed by atoms with Gasteiger partial charge in [0.05, 0.1) is 11.6 Å². The molecule has 0 radical (unpaired) electrons. The lowest BCUT2D eigenvalue weighted by Crippen LogP contribution is -2.70. The van der Waals surface area contributed by atoms with E-state index < -0.39 is 5.54 Å². The molecule has 1 amide bonds. The molecule has 0 aromatic heterocycles. The molecule has 0 spiro atoms. The van der Waals surface area contributed by atoms with Crippen molar-refractivity contribution in [2.45, 2.75) is 65.1 Å². The van der Waals surface area contributed by atoms with E-state index in [1.165, 1.54) is 0 Å². The Morgan fingerprint density at radius 3 is 2.44 bits per heavy atom.